The molecular weight excluding hydrogens is 288 g/mol. The van der Waals surface area contributed by atoms with Crippen LogP contribution >= 0.6 is 0 Å². The summed E-state index contributed by atoms with van der Waals surface area (Å²) in [4.78, 5) is 11.9. The van der Waals surface area contributed by atoms with E-state index in [1.54, 1.807) is 39.2 Å². The predicted octanol–water partition coefficient (Wildman–Crippen LogP) is 1.43. The van der Waals surface area contributed by atoms with Gasteiger partial charge in [0.25, 0.3) is 0 Å². The molecule has 0 unspecified atom stereocenters. The molecule has 0 aliphatic carbocycles. The molecule has 1 aromatic heterocycles. The number of methoxy groups -OCH3 is 2. The van der Waals surface area contributed by atoms with Crippen LogP contribution in [0, 0.1) is 0 Å². The van der Waals surface area contributed by atoms with Crippen LogP contribution in [-0.4, -0.2) is 41.3 Å². The Morgan fingerprint density at radius 3 is 2.50 bits per heavy atom. The number of aromatic nitrogens is 3. The Kier molecular flexibility index (Phi) is 4.50. The molecule has 0 bridgehead atoms. The number of hydrogen-bond donors (Lipinski definition) is 1. The van der Waals surface area contributed by atoms with Crippen molar-refractivity contribution in [3.63, 3.8) is 0 Å². The highest BCUT2D eigenvalue weighted by Crippen LogP contribution is 2.29. The largest absolute Gasteiger partial charge is 0.493 e. The Labute approximate surface area is 127 Å². The lowest BCUT2D eigenvalue weighted by Gasteiger charge is -2.10. The molecule has 2 N–H and O–H groups in total. The molecule has 0 amide bonds. The van der Waals surface area contributed by atoms with E-state index >= 15 is 0 Å². The molecule has 22 heavy (non-hydrogen) atoms. The summed E-state index contributed by atoms with van der Waals surface area (Å²) in [7, 11) is 3.07. The van der Waals surface area contributed by atoms with E-state index in [1.807, 2.05) is 0 Å². The van der Waals surface area contributed by atoms with Crippen LogP contribution in [0.5, 0.6) is 11.5 Å². The van der Waals surface area contributed by atoms with Gasteiger partial charge in [-0.05, 0) is 26.0 Å². The predicted molar refractivity (Wildman–Crippen MR) is 79.4 cm³/mol. The molecular formula is C14H18N4O4. The van der Waals surface area contributed by atoms with E-state index < -0.39 is 5.97 Å². The maximum Gasteiger partial charge on any atom is 0.363 e. The number of carbonyl (C=O) groups excluding carboxylic acids is 1. The van der Waals surface area contributed by atoms with Crippen LogP contribution in [0.4, 0.5) is 5.82 Å². The molecule has 1 heterocycles. The van der Waals surface area contributed by atoms with Crippen molar-refractivity contribution in [3.05, 3.63) is 23.9 Å². The van der Waals surface area contributed by atoms with Crippen molar-refractivity contribution in [2.75, 3.05) is 20.0 Å². The van der Waals surface area contributed by atoms with Gasteiger partial charge >= 0.3 is 5.97 Å². The van der Waals surface area contributed by atoms with Crippen LogP contribution < -0.4 is 15.2 Å². The number of nitrogens with two attached hydrogens (primary N) is 1. The zero-order chi connectivity index (χ0) is 16.3. The topological polar surface area (TPSA) is 101 Å². The quantitative estimate of drug-likeness (QED) is 0.834. The molecule has 0 spiro atoms. The molecule has 0 aliphatic heterocycles. The molecule has 0 aliphatic rings. The van der Waals surface area contributed by atoms with Gasteiger partial charge in [-0.25, -0.2) is 4.79 Å². The van der Waals surface area contributed by atoms with Gasteiger partial charge in [0.05, 0.1) is 26.0 Å². The van der Waals surface area contributed by atoms with Gasteiger partial charge in [-0.3, -0.25) is 0 Å². The average molecular weight is 306 g/mol. The van der Waals surface area contributed by atoms with Crippen molar-refractivity contribution in [2.45, 2.75) is 20.0 Å². The zero-order valence-electron chi connectivity index (χ0n) is 12.9. The van der Waals surface area contributed by atoms with Gasteiger partial charge in [0.2, 0.25) is 5.69 Å². The smallest absolute Gasteiger partial charge is 0.363 e. The van der Waals surface area contributed by atoms with Crippen molar-refractivity contribution in [2.24, 2.45) is 0 Å². The number of carbonyl (C=O) groups is 1. The summed E-state index contributed by atoms with van der Waals surface area (Å²) in [5, 5.41) is 7.67. The summed E-state index contributed by atoms with van der Waals surface area (Å²) in [5.74, 6) is 0.572. The van der Waals surface area contributed by atoms with Gasteiger partial charge in [-0.2, -0.15) is 4.68 Å². The number of anilines is 1. The molecule has 1 aromatic carbocycles. The van der Waals surface area contributed by atoms with Crippen LogP contribution in [0.1, 0.15) is 24.3 Å². The Morgan fingerprint density at radius 2 is 1.91 bits per heavy atom. The van der Waals surface area contributed by atoms with Crippen LogP contribution in [-0.2, 0) is 4.74 Å². The maximum atomic E-state index is 11.9. The third kappa shape index (κ3) is 2.95. The summed E-state index contributed by atoms with van der Waals surface area (Å²) < 4.78 is 16.8. The fourth-order valence-corrected chi connectivity index (χ4v) is 1.85. The summed E-state index contributed by atoms with van der Waals surface area (Å²) >= 11 is 0. The minimum Gasteiger partial charge on any atom is -0.493 e. The first-order valence-corrected chi connectivity index (χ1v) is 6.62. The van der Waals surface area contributed by atoms with Crippen LogP contribution in [0.25, 0.3) is 5.69 Å². The second-order valence-electron chi connectivity index (χ2n) is 4.73. The van der Waals surface area contributed by atoms with E-state index in [0.29, 0.717) is 17.2 Å². The summed E-state index contributed by atoms with van der Waals surface area (Å²) in [6.07, 6.45) is -0.266. The Morgan fingerprint density at radius 1 is 1.23 bits per heavy atom. The standard InChI is InChI=1S/C14H18N4O4/c1-8(2)22-14(19)12-13(15)18(17-16-12)9-5-6-10(20-3)11(7-9)21-4/h5-8H,15H2,1-4H3. The number of ether oxygens (including phenoxy) is 3. The third-order valence-electron chi connectivity index (χ3n) is 2.85. The Hall–Kier alpha value is -2.77. The lowest BCUT2D eigenvalue weighted by atomic mass is 10.2. The zero-order valence-corrected chi connectivity index (χ0v) is 12.9. The molecule has 118 valence electrons. The normalized spacial score (nSPS) is 10.6. The minimum atomic E-state index is -0.612. The summed E-state index contributed by atoms with van der Waals surface area (Å²) in [6, 6.07) is 5.12. The average Bonchev–Trinajstić information content (AvgIpc) is 2.87. The molecule has 0 radical (unpaired) electrons. The highest BCUT2D eigenvalue weighted by Gasteiger charge is 2.21. The number of esters is 1. The third-order valence-corrected chi connectivity index (χ3v) is 2.85. The summed E-state index contributed by atoms with van der Waals surface area (Å²) in [6.45, 7) is 3.49. The van der Waals surface area contributed by atoms with Crippen molar-refractivity contribution in [1.29, 1.82) is 0 Å². The van der Waals surface area contributed by atoms with E-state index in [0.717, 1.165) is 0 Å². The van der Waals surface area contributed by atoms with Gasteiger partial charge in [-0.1, -0.05) is 5.21 Å². The maximum absolute atomic E-state index is 11.9. The van der Waals surface area contributed by atoms with E-state index in [-0.39, 0.29) is 17.6 Å². The summed E-state index contributed by atoms with van der Waals surface area (Å²) in [5.41, 5.74) is 6.50. The fourth-order valence-electron chi connectivity index (χ4n) is 1.85. The van der Waals surface area contributed by atoms with E-state index in [4.69, 9.17) is 19.9 Å². The van der Waals surface area contributed by atoms with Gasteiger partial charge in [0.15, 0.2) is 17.3 Å². The van der Waals surface area contributed by atoms with Gasteiger partial charge in [0.1, 0.15) is 0 Å². The number of benzene rings is 1. The molecule has 0 atom stereocenters. The number of nitrogen functional groups attached to an aromatic ring is 1. The number of nitrogens with zero attached hydrogens (tertiary/aromatic N) is 3. The van der Waals surface area contributed by atoms with Gasteiger partial charge in [-0.15, -0.1) is 5.10 Å². The Balaban J connectivity index is 2.38. The van der Waals surface area contributed by atoms with Crippen molar-refractivity contribution in [1.82, 2.24) is 15.0 Å². The van der Waals surface area contributed by atoms with Crippen LogP contribution in [0.15, 0.2) is 18.2 Å². The van der Waals surface area contributed by atoms with Gasteiger partial charge in [0, 0.05) is 6.07 Å². The van der Waals surface area contributed by atoms with Gasteiger partial charge < -0.3 is 19.9 Å². The number of hydrogen-bond acceptors (Lipinski definition) is 7. The van der Waals surface area contributed by atoms with Crippen molar-refractivity contribution < 1.29 is 19.0 Å². The number of rotatable bonds is 5. The molecule has 0 saturated heterocycles. The monoisotopic (exact) mass is 306 g/mol. The van der Waals surface area contributed by atoms with Crippen molar-refractivity contribution in [3.8, 4) is 17.2 Å². The van der Waals surface area contributed by atoms with Crippen LogP contribution in [0.2, 0.25) is 0 Å². The van der Waals surface area contributed by atoms with E-state index in [2.05, 4.69) is 10.3 Å². The molecule has 0 saturated carbocycles. The van der Waals surface area contributed by atoms with E-state index in [9.17, 15) is 4.79 Å². The fraction of sp³-hybridized carbons (Fsp3) is 0.357. The highest BCUT2D eigenvalue weighted by atomic mass is 16.5. The molecule has 8 heteroatoms. The minimum absolute atomic E-state index is 0.0246. The van der Waals surface area contributed by atoms with Crippen LogP contribution in [0.3, 0.4) is 0 Å². The first-order valence-electron chi connectivity index (χ1n) is 6.62. The Bertz CT molecular complexity index is 681. The van der Waals surface area contributed by atoms with E-state index in [1.165, 1.54) is 11.8 Å². The van der Waals surface area contributed by atoms with Crippen molar-refractivity contribution >= 4 is 11.8 Å². The highest BCUT2D eigenvalue weighted by molar-refractivity contribution is 5.92. The first kappa shape index (κ1) is 15.6. The molecule has 2 aromatic rings. The first-order chi connectivity index (χ1) is 10.5. The SMILES string of the molecule is COc1ccc(-n2nnc(C(=O)OC(C)C)c2N)cc1OC. The second-order valence-corrected chi connectivity index (χ2v) is 4.73. The molecule has 2 rings (SSSR count). The molecule has 0 fully saturated rings. The second kappa shape index (κ2) is 6.33. The lowest BCUT2D eigenvalue weighted by Crippen LogP contribution is -2.14. The lowest BCUT2D eigenvalue weighted by molar-refractivity contribution is 0.0372. The molecule has 8 nitrogen and oxygen atoms in total.